The summed E-state index contributed by atoms with van der Waals surface area (Å²) in [5.74, 6) is 1.36. The van der Waals surface area contributed by atoms with Crippen molar-refractivity contribution >= 4 is 11.4 Å². The van der Waals surface area contributed by atoms with Crippen molar-refractivity contribution < 1.29 is 9.53 Å². The average molecular weight is 314 g/mol. The number of benzene rings is 1. The van der Waals surface area contributed by atoms with Crippen LogP contribution in [0.25, 0.3) is 5.57 Å². The molecule has 0 radical (unpaired) electrons. The number of Topliss-reactive ketones (excluding diaryl/α,β-unsaturated/α-hetero) is 1. The van der Waals surface area contributed by atoms with Crippen molar-refractivity contribution in [2.24, 2.45) is 5.92 Å². The van der Waals surface area contributed by atoms with E-state index in [2.05, 4.69) is 19.1 Å². The van der Waals surface area contributed by atoms with Crippen molar-refractivity contribution in [3.63, 3.8) is 0 Å². The molecule has 1 aromatic carbocycles. The van der Waals surface area contributed by atoms with Crippen molar-refractivity contribution in [1.82, 2.24) is 0 Å². The first-order valence-electron chi connectivity index (χ1n) is 9.10. The first-order chi connectivity index (χ1) is 11.1. The Morgan fingerprint density at radius 2 is 1.70 bits per heavy atom. The van der Waals surface area contributed by atoms with E-state index in [1.807, 2.05) is 26.0 Å². The summed E-state index contributed by atoms with van der Waals surface area (Å²) in [6, 6.07) is 8.22. The van der Waals surface area contributed by atoms with E-state index < -0.39 is 0 Å². The van der Waals surface area contributed by atoms with Gasteiger partial charge in [-0.1, -0.05) is 58.1 Å². The van der Waals surface area contributed by atoms with Crippen LogP contribution in [-0.4, -0.2) is 12.4 Å². The van der Waals surface area contributed by atoms with Gasteiger partial charge in [-0.25, -0.2) is 0 Å². The number of ketones is 1. The summed E-state index contributed by atoms with van der Waals surface area (Å²) in [6.45, 7) is 7.00. The second kappa shape index (κ2) is 8.90. The number of hydrogen-bond donors (Lipinski definition) is 0. The highest BCUT2D eigenvalue weighted by Crippen LogP contribution is 2.35. The molecule has 1 atom stereocenters. The third-order valence-electron chi connectivity index (χ3n) is 4.75. The minimum absolute atomic E-state index is 0.133. The smallest absolute Gasteiger partial charge is 0.161 e. The fourth-order valence-electron chi connectivity index (χ4n) is 3.23. The molecule has 0 N–H and O–H groups in total. The van der Waals surface area contributed by atoms with Crippen molar-refractivity contribution in [1.29, 1.82) is 0 Å². The van der Waals surface area contributed by atoms with E-state index in [1.54, 1.807) is 0 Å². The van der Waals surface area contributed by atoms with E-state index in [1.165, 1.54) is 37.7 Å². The molecule has 0 aliphatic heterocycles. The highest BCUT2D eigenvalue weighted by molar-refractivity contribution is 6.07. The Labute approximate surface area is 140 Å². The van der Waals surface area contributed by atoms with Crippen LogP contribution >= 0.6 is 0 Å². The van der Waals surface area contributed by atoms with Gasteiger partial charge < -0.3 is 4.74 Å². The summed E-state index contributed by atoms with van der Waals surface area (Å²) in [7, 11) is 0. The minimum Gasteiger partial charge on any atom is -0.494 e. The molecule has 0 saturated heterocycles. The lowest BCUT2D eigenvalue weighted by Gasteiger charge is -2.08. The van der Waals surface area contributed by atoms with Gasteiger partial charge in [-0.3, -0.25) is 4.79 Å². The number of hydrogen-bond acceptors (Lipinski definition) is 2. The van der Waals surface area contributed by atoms with Crippen LogP contribution in [0.4, 0.5) is 0 Å². The van der Waals surface area contributed by atoms with Gasteiger partial charge in [-0.15, -0.1) is 0 Å². The second-order valence-corrected chi connectivity index (χ2v) is 6.71. The third-order valence-corrected chi connectivity index (χ3v) is 4.75. The summed E-state index contributed by atoms with van der Waals surface area (Å²) in [5.41, 5.74) is 3.29. The van der Waals surface area contributed by atoms with Gasteiger partial charge in [0, 0.05) is 5.92 Å². The van der Waals surface area contributed by atoms with E-state index in [0.717, 1.165) is 36.3 Å². The van der Waals surface area contributed by atoms with Crippen LogP contribution in [0.5, 0.6) is 5.75 Å². The van der Waals surface area contributed by atoms with E-state index in [9.17, 15) is 4.79 Å². The van der Waals surface area contributed by atoms with Crippen molar-refractivity contribution in [3.05, 3.63) is 35.4 Å². The van der Waals surface area contributed by atoms with Crippen LogP contribution in [0.2, 0.25) is 0 Å². The summed E-state index contributed by atoms with van der Waals surface area (Å²) in [4.78, 5) is 11.9. The first-order valence-corrected chi connectivity index (χ1v) is 9.10. The van der Waals surface area contributed by atoms with Gasteiger partial charge in [0.25, 0.3) is 0 Å². The average Bonchev–Trinajstić information content (AvgIpc) is 2.82. The predicted octanol–water partition coefficient (Wildman–Crippen LogP) is 5.81. The molecule has 0 aromatic heterocycles. The monoisotopic (exact) mass is 314 g/mol. The quantitative estimate of drug-likeness (QED) is 0.538. The molecule has 0 fully saturated rings. The molecule has 0 amide bonds. The molecule has 126 valence electrons. The van der Waals surface area contributed by atoms with Gasteiger partial charge in [0.15, 0.2) is 5.78 Å². The largest absolute Gasteiger partial charge is 0.494 e. The normalized spacial score (nSPS) is 17.9. The van der Waals surface area contributed by atoms with Crippen molar-refractivity contribution in [3.8, 4) is 5.75 Å². The maximum atomic E-state index is 11.9. The highest BCUT2D eigenvalue weighted by atomic mass is 16.5. The summed E-state index contributed by atoms with van der Waals surface area (Å²) in [5, 5.41) is 0. The van der Waals surface area contributed by atoms with Gasteiger partial charge in [0.05, 0.1) is 6.61 Å². The number of carbonyl (C=O) groups is 1. The van der Waals surface area contributed by atoms with E-state index in [0.29, 0.717) is 5.78 Å². The standard InChI is InChI=1S/C21H30O2/c1-4-5-6-7-8-9-14-23-19-12-10-18(11-13-19)20-15-16(2)21(22)17(20)3/h10-13,16H,4-9,14-15H2,1-3H3. The lowest BCUT2D eigenvalue weighted by Crippen LogP contribution is -2.03. The summed E-state index contributed by atoms with van der Waals surface area (Å²) in [6.07, 6.45) is 8.54. The molecule has 2 rings (SSSR count). The highest BCUT2D eigenvalue weighted by Gasteiger charge is 2.27. The minimum atomic E-state index is 0.133. The molecular formula is C21H30O2. The zero-order chi connectivity index (χ0) is 16.7. The van der Waals surface area contributed by atoms with Gasteiger partial charge in [0.1, 0.15) is 5.75 Å². The molecular weight excluding hydrogens is 284 g/mol. The third kappa shape index (κ3) is 4.95. The molecule has 0 heterocycles. The molecule has 1 aliphatic carbocycles. The molecule has 1 unspecified atom stereocenters. The van der Waals surface area contributed by atoms with Crippen LogP contribution < -0.4 is 4.74 Å². The number of carbonyl (C=O) groups excluding carboxylic acids is 1. The molecule has 0 spiro atoms. The van der Waals surface area contributed by atoms with E-state index >= 15 is 0 Å². The number of rotatable bonds is 9. The van der Waals surface area contributed by atoms with E-state index in [-0.39, 0.29) is 5.92 Å². The fourth-order valence-corrected chi connectivity index (χ4v) is 3.23. The maximum absolute atomic E-state index is 11.9. The van der Waals surface area contributed by atoms with Crippen LogP contribution in [0, 0.1) is 5.92 Å². The Morgan fingerprint density at radius 1 is 1.04 bits per heavy atom. The van der Waals surface area contributed by atoms with Gasteiger partial charge >= 0.3 is 0 Å². The van der Waals surface area contributed by atoms with Crippen LogP contribution in [0.15, 0.2) is 29.8 Å². The molecule has 2 heteroatoms. The topological polar surface area (TPSA) is 26.3 Å². The Morgan fingerprint density at radius 3 is 2.30 bits per heavy atom. The molecule has 1 aliphatic rings. The lowest BCUT2D eigenvalue weighted by molar-refractivity contribution is -0.117. The summed E-state index contributed by atoms with van der Waals surface area (Å²) < 4.78 is 5.82. The SMILES string of the molecule is CCCCCCCCOc1ccc(C2=C(C)C(=O)C(C)C2)cc1. The maximum Gasteiger partial charge on any atom is 0.161 e. The Balaban J connectivity index is 1.78. The van der Waals surface area contributed by atoms with Crippen LogP contribution in [-0.2, 0) is 4.79 Å². The molecule has 1 aromatic rings. The number of ether oxygens (including phenoxy) is 1. The molecule has 2 nitrogen and oxygen atoms in total. The Hall–Kier alpha value is -1.57. The van der Waals surface area contributed by atoms with Crippen molar-refractivity contribution in [2.75, 3.05) is 6.61 Å². The number of allylic oxidation sites excluding steroid dienone is 2. The molecule has 0 bridgehead atoms. The van der Waals surface area contributed by atoms with Gasteiger partial charge in [-0.05, 0) is 48.6 Å². The second-order valence-electron chi connectivity index (χ2n) is 6.71. The number of unbranched alkanes of at least 4 members (excludes halogenated alkanes) is 5. The summed E-state index contributed by atoms with van der Waals surface area (Å²) >= 11 is 0. The predicted molar refractivity (Wildman–Crippen MR) is 96.7 cm³/mol. The lowest BCUT2D eigenvalue weighted by atomic mass is 10.0. The van der Waals surface area contributed by atoms with Crippen LogP contribution in [0.1, 0.15) is 71.3 Å². The van der Waals surface area contributed by atoms with Crippen molar-refractivity contribution in [2.45, 2.75) is 65.7 Å². The first kappa shape index (κ1) is 17.8. The Bertz CT molecular complexity index is 539. The Kier molecular flexibility index (Phi) is 6.88. The molecule has 23 heavy (non-hydrogen) atoms. The van der Waals surface area contributed by atoms with Crippen LogP contribution in [0.3, 0.4) is 0 Å². The van der Waals surface area contributed by atoms with Gasteiger partial charge in [-0.2, -0.15) is 0 Å². The fraction of sp³-hybridized carbons (Fsp3) is 0.571. The zero-order valence-electron chi connectivity index (χ0n) is 14.9. The van der Waals surface area contributed by atoms with Gasteiger partial charge in [0.2, 0.25) is 0 Å². The van der Waals surface area contributed by atoms with E-state index in [4.69, 9.17) is 4.74 Å². The zero-order valence-corrected chi connectivity index (χ0v) is 14.9. The molecule has 0 saturated carbocycles.